The Kier molecular flexibility index (Phi) is 4.99. The summed E-state index contributed by atoms with van der Waals surface area (Å²) in [6.07, 6.45) is 3.90. The lowest BCUT2D eigenvalue weighted by molar-refractivity contribution is 0.884. The van der Waals surface area contributed by atoms with Gasteiger partial charge in [0.05, 0.1) is 11.4 Å². The third kappa shape index (κ3) is 4.07. The molecule has 3 aromatic carbocycles. The molecule has 1 aromatic heterocycles. The van der Waals surface area contributed by atoms with Crippen LogP contribution in [0.1, 0.15) is 11.1 Å². The van der Waals surface area contributed by atoms with Gasteiger partial charge in [0.15, 0.2) is 0 Å². The highest BCUT2D eigenvalue weighted by atomic mass is 79.9. The van der Waals surface area contributed by atoms with E-state index in [-0.39, 0.29) is 0 Å². The van der Waals surface area contributed by atoms with E-state index in [9.17, 15) is 0 Å². The number of halogens is 1. The summed E-state index contributed by atoms with van der Waals surface area (Å²) in [5.41, 5.74) is 6.10. The smallest absolute Gasteiger partial charge is 0.101 e. The van der Waals surface area contributed by atoms with Gasteiger partial charge in [-0.05, 0) is 43.3 Å². The molecule has 0 saturated carbocycles. The van der Waals surface area contributed by atoms with Crippen LogP contribution in [0, 0.1) is 6.92 Å². The van der Waals surface area contributed by atoms with Gasteiger partial charge in [0.1, 0.15) is 5.69 Å². The van der Waals surface area contributed by atoms with Gasteiger partial charge in [0, 0.05) is 28.0 Å². The molecule has 0 radical (unpaired) electrons. The maximum absolute atomic E-state index is 4.82. The van der Waals surface area contributed by atoms with Crippen LogP contribution in [0.25, 0.3) is 16.9 Å². The van der Waals surface area contributed by atoms with E-state index in [4.69, 9.17) is 5.10 Å². The Hall–Kier alpha value is -2.98. The fraction of sp³-hybridized carbons (Fsp3) is 0.0435. The van der Waals surface area contributed by atoms with Crippen LogP contribution >= 0.6 is 15.9 Å². The first-order chi connectivity index (χ1) is 13.2. The molecule has 0 saturated heterocycles. The molecule has 27 heavy (non-hydrogen) atoms. The molecule has 0 N–H and O–H groups in total. The SMILES string of the molecule is Cc1ccc(N=Cc2cn(-c3ccccc3)nc2-c2ccc(Br)cc2)cc1. The van der Waals surface area contributed by atoms with Crippen LogP contribution in [0.2, 0.25) is 0 Å². The van der Waals surface area contributed by atoms with Crippen molar-refractivity contribution in [3.63, 3.8) is 0 Å². The normalized spacial score (nSPS) is 11.2. The van der Waals surface area contributed by atoms with Crippen LogP contribution in [0.15, 0.2) is 94.5 Å². The zero-order valence-electron chi connectivity index (χ0n) is 14.9. The van der Waals surface area contributed by atoms with Crippen molar-refractivity contribution in [2.24, 2.45) is 4.99 Å². The summed E-state index contributed by atoms with van der Waals surface area (Å²) >= 11 is 3.49. The van der Waals surface area contributed by atoms with Gasteiger partial charge < -0.3 is 0 Å². The Balaban J connectivity index is 1.77. The van der Waals surface area contributed by atoms with Gasteiger partial charge >= 0.3 is 0 Å². The minimum Gasteiger partial charge on any atom is -0.256 e. The fourth-order valence-corrected chi connectivity index (χ4v) is 3.07. The number of para-hydroxylation sites is 1. The number of aliphatic imine (C=N–C) groups is 1. The number of nitrogens with zero attached hydrogens (tertiary/aromatic N) is 3. The molecule has 0 unspecified atom stereocenters. The molecule has 132 valence electrons. The van der Waals surface area contributed by atoms with E-state index in [1.54, 1.807) is 0 Å². The molecule has 4 heteroatoms. The second-order valence-electron chi connectivity index (χ2n) is 6.31. The van der Waals surface area contributed by atoms with Crippen molar-refractivity contribution in [3.05, 3.63) is 101 Å². The standard InChI is InChI=1S/C23H18BrN3/c1-17-7-13-21(14-8-17)25-15-19-16-27(22-5-3-2-4-6-22)26-23(19)18-9-11-20(24)12-10-18/h2-16H,1H3. The molecular weight excluding hydrogens is 398 g/mol. The number of aryl methyl sites for hydroxylation is 1. The molecule has 4 aromatic rings. The van der Waals surface area contributed by atoms with E-state index < -0.39 is 0 Å². The average molecular weight is 416 g/mol. The van der Waals surface area contributed by atoms with Crippen molar-refractivity contribution in [2.75, 3.05) is 0 Å². The molecule has 1 heterocycles. The lowest BCUT2D eigenvalue weighted by Crippen LogP contribution is -1.93. The van der Waals surface area contributed by atoms with Crippen molar-refractivity contribution < 1.29 is 0 Å². The maximum Gasteiger partial charge on any atom is 0.101 e. The summed E-state index contributed by atoms with van der Waals surface area (Å²) < 4.78 is 2.94. The largest absolute Gasteiger partial charge is 0.256 e. The van der Waals surface area contributed by atoms with Crippen molar-refractivity contribution in [1.82, 2.24) is 9.78 Å². The molecule has 0 aliphatic heterocycles. The van der Waals surface area contributed by atoms with Crippen LogP contribution in [-0.4, -0.2) is 16.0 Å². The van der Waals surface area contributed by atoms with Crippen molar-refractivity contribution >= 4 is 27.8 Å². The van der Waals surface area contributed by atoms with Crippen molar-refractivity contribution in [1.29, 1.82) is 0 Å². The van der Waals surface area contributed by atoms with Crippen LogP contribution in [0.5, 0.6) is 0 Å². The second-order valence-corrected chi connectivity index (χ2v) is 7.23. The predicted molar refractivity (Wildman–Crippen MR) is 115 cm³/mol. The number of aromatic nitrogens is 2. The third-order valence-corrected chi connectivity index (χ3v) is 4.80. The van der Waals surface area contributed by atoms with Crippen LogP contribution in [0.3, 0.4) is 0 Å². The molecule has 0 atom stereocenters. The molecule has 0 fully saturated rings. The lowest BCUT2D eigenvalue weighted by Gasteiger charge is -2.01. The molecular formula is C23H18BrN3. The van der Waals surface area contributed by atoms with Crippen molar-refractivity contribution in [3.8, 4) is 16.9 Å². The van der Waals surface area contributed by atoms with Crippen LogP contribution in [0.4, 0.5) is 5.69 Å². The van der Waals surface area contributed by atoms with Gasteiger partial charge in [-0.25, -0.2) is 4.68 Å². The van der Waals surface area contributed by atoms with Crippen LogP contribution in [-0.2, 0) is 0 Å². The monoisotopic (exact) mass is 415 g/mol. The minimum atomic E-state index is 0.905. The number of benzene rings is 3. The number of rotatable bonds is 4. The molecule has 0 amide bonds. The van der Waals surface area contributed by atoms with Gasteiger partial charge in [-0.1, -0.05) is 64.0 Å². The molecule has 0 aliphatic rings. The first-order valence-corrected chi connectivity index (χ1v) is 9.50. The van der Waals surface area contributed by atoms with E-state index in [2.05, 4.69) is 52.1 Å². The lowest BCUT2D eigenvalue weighted by atomic mass is 10.1. The average Bonchev–Trinajstić information content (AvgIpc) is 3.13. The molecule has 0 spiro atoms. The summed E-state index contributed by atoms with van der Waals surface area (Å²) in [5, 5.41) is 4.82. The van der Waals surface area contributed by atoms with E-state index >= 15 is 0 Å². The summed E-state index contributed by atoms with van der Waals surface area (Å²) in [4.78, 5) is 4.64. The summed E-state index contributed by atoms with van der Waals surface area (Å²) in [5.74, 6) is 0. The Morgan fingerprint density at radius 3 is 2.30 bits per heavy atom. The first-order valence-electron chi connectivity index (χ1n) is 8.71. The van der Waals surface area contributed by atoms with Gasteiger partial charge in [0.25, 0.3) is 0 Å². The third-order valence-electron chi connectivity index (χ3n) is 4.27. The Bertz CT molecular complexity index is 1060. The van der Waals surface area contributed by atoms with E-state index in [1.807, 2.05) is 71.7 Å². The highest BCUT2D eigenvalue weighted by Gasteiger charge is 2.11. The summed E-state index contributed by atoms with van der Waals surface area (Å²) in [6.45, 7) is 2.07. The minimum absolute atomic E-state index is 0.905. The zero-order chi connectivity index (χ0) is 18.6. The zero-order valence-corrected chi connectivity index (χ0v) is 16.5. The predicted octanol–water partition coefficient (Wildman–Crippen LogP) is 6.36. The summed E-state index contributed by atoms with van der Waals surface area (Å²) in [7, 11) is 0. The second kappa shape index (κ2) is 7.72. The highest BCUT2D eigenvalue weighted by Crippen LogP contribution is 2.25. The number of hydrogen-bond acceptors (Lipinski definition) is 2. The quantitative estimate of drug-likeness (QED) is 0.356. The molecule has 0 aliphatic carbocycles. The highest BCUT2D eigenvalue weighted by molar-refractivity contribution is 9.10. The van der Waals surface area contributed by atoms with Gasteiger partial charge in [-0.15, -0.1) is 0 Å². The Morgan fingerprint density at radius 2 is 1.59 bits per heavy atom. The maximum atomic E-state index is 4.82. The first kappa shape index (κ1) is 17.4. The fourth-order valence-electron chi connectivity index (χ4n) is 2.80. The van der Waals surface area contributed by atoms with Gasteiger partial charge in [-0.2, -0.15) is 5.10 Å². The van der Waals surface area contributed by atoms with Gasteiger partial charge in [-0.3, -0.25) is 4.99 Å². The summed E-state index contributed by atoms with van der Waals surface area (Å²) in [6, 6.07) is 26.4. The van der Waals surface area contributed by atoms with E-state index in [1.165, 1.54) is 5.56 Å². The topological polar surface area (TPSA) is 30.2 Å². The Labute approximate surface area is 167 Å². The Morgan fingerprint density at radius 1 is 0.889 bits per heavy atom. The molecule has 4 rings (SSSR count). The van der Waals surface area contributed by atoms with Gasteiger partial charge in [0.2, 0.25) is 0 Å². The molecule has 3 nitrogen and oxygen atoms in total. The van der Waals surface area contributed by atoms with Crippen LogP contribution < -0.4 is 0 Å². The molecule has 0 bridgehead atoms. The number of hydrogen-bond donors (Lipinski definition) is 0. The van der Waals surface area contributed by atoms with E-state index in [0.29, 0.717) is 0 Å². The van der Waals surface area contributed by atoms with E-state index in [0.717, 1.165) is 32.7 Å². The van der Waals surface area contributed by atoms with Crippen molar-refractivity contribution in [2.45, 2.75) is 6.92 Å².